The Morgan fingerprint density at radius 1 is 1.06 bits per heavy atom. The van der Waals surface area contributed by atoms with Gasteiger partial charge in [-0.15, -0.1) is 0 Å². The molecule has 35 heavy (non-hydrogen) atoms. The van der Waals surface area contributed by atoms with Crippen LogP contribution in [0.4, 0.5) is 0 Å². The number of aromatic nitrogens is 2. The lowest BCUT2D eigenvalue weighted by atomic mass is 10.2. The number of hydrogen-bond donors (Lipinski definition) is 0. The minimum absolute atomic E-state index is 0.0102. The number of para-hydroxylation sites is 2. The number of fused-ring (bicyclic) bond motifs is 2. The third-order valence-corrected chi connectivity index (χ3v) is 6.04. The Hall–Kier alpha value is -3.91. The lowest BCUT2D eigenvalue weighted by Gasteiger charge is -2.15. The van der Waals surface area contributed by atoms with Gasteiger partial charge in [0.05, 0.1) is 30.3 Å². The molecule has 0 saturated heterocycles. The fraction of sp³-hybridized carbons (Fsp3) is 0.148. The topological polar surface area (TPSA) is 78.9 Å². The minimum atomic E-state index is -0.301. The molecule has 3 aromatic carbocycles. The van der Waals surface area contributed by atoms with Crippen molar-refractivity contribution in [3.8, 4) is 23.1 Å². The smallest absolute Gasteiger partial charge is 0.282 e. The van der Waals surface area contributed by atoms with E-state index in [1.807, 2.05) is 56.3 Å². The number of halogens is 1. The Kier molecular flexibility index (Phi) is 6.13. The molecular weight excluding hydrogens is 510 g/mol. The van der Waals surface area contributed by atoms with E-state index >= 15 is 0 Å². The maximum absolute atomic E-state index is 13.5. The monoisotopic (exact) mass is 531 g/mol. The van der Waals surface area contributed by atoms with Crippen molar-refractivity contribution in [1.29, 1.82) is 0 Å². The number of methoxy groups -OCH3 is 1. The van der Waals surface area contributed by atoms with Crippen LogP contribution in [-0.2, 0) is 0 Å². The molecule has 0 radical (unpaired) electrons. The number of furan rings is 1. The van der Waals surface area contributed by atoms with Crippen molar-refractivity contribution >= 4 is 44.0 Å². The van der Waals surface area contributed by atoms with Crippen molar-refractivity contribution in [3.05, 3.63) is 87.1 Å². The molecule has 0 amide bonds. The van der Waals surface area contributed by atoms with Crippen LogP contribution < -0.4 is 15.0 Å². The lowest BCUT2D eigenvalue weighted by Crippen LogP contribution is -2.20. The first-order chi connectivity index (χ1) is 16.9. The molecule has 0 aliphatic heterocycles. The van der Waals surface area contributed by atoms with Gasteiger partial charge in [0.15, 0.2) is 17.3 Å². The van der Waals surface area contributed by atoms with Gasteiger partial charge < -0.3 is 13.9 Å². The van der Waals surface area contributed by atoms with Crippen LogP contribution in [0.25, 0.3) is 33.5 Å². The zero-order chi connectivity index (χ0) is 24.5. The van der Waals surface area contributed by atoms with Crippen molar-refractivity contribution in [3.63, 3.8) is 0 Å². The lowest BCUT2D eigenvalue weighted by molar-refractivity contribution is 0.230. The number of rotatable bonds is 6. The molecule has 5 aromatic rings. The Labute approximate surface area is 209 Å². The van der Waals surface area contributed by atoms with Crippen LogP contribution >= 0.6 is 15.9 Å². The van der Waals surface area contributed by atoms with Crippen LogP contribution in [0.15, 0.2) is 85.5 Å². The van der Waals surface area contributed by atoms with Gasteiger partial charge in [0.1, 0.15) is 5.58 Å². The van der Waals surface area contributed by atoms with Crippen molar-refractivity contribution < 1.29 is 13.9 Å². The second-order valence-corrected chi connectivity index (χ2v) is 9.01. The van der Waals surface area contributed by atoms with Crippen LogP contribution in [0, 0.1) is 0 Å². The molecule has 0 saturated carbocycles. The van der Waals surface area contributed by atoms with E-state index in [2.05, 4.69) is 21.0 Å². The fourth-order valence-corrected chi connectivity index (χ4v) is 4.18. The SMILES string of the molecule is COc1cc(C=Nn2c(-c3cc4ccccc4o3)nc3ccccc3c2=O)c(Br)cc1OC(C)C. The average molecular weight is 532 g/mol. The summed E-state index contributed by atoms with van der Waals surface area (Å²) in [6.07, 6.45) is 1.57. The van der Waals surface area contributed by atoms with Crippen LogP contribution in [-0.4, -0.2) is 29.1 Å². The molecule has 0 atom stereocenters. The normalized spacial score (nSPS) is 11.7. The molecule has 176 valence electrons. The number of benzene rings is 3. The molecule has 5 rings (SSSR count). The molecule has 2 heterocycles. The van der Waals surface area contributed by atoms with Crippen LogP contribution in [0.3, 0.4) is 0 Å². The summed E-state index contributed by atoms with van der Waals surface area (Å²) >= 11 is 3.57. The zero-order valence-corrected chi connectivity index (χ0v) is 20.9. The van der Waals surface area contributed by atoms with Crippen LogP contribution in [0.5, 0.6) is 11.5 Å². The molecule has 0 unspecified atom stereocenters. The van der Waals surface area contributed by atoms with E-state index < -0.39 is 0 Å². The molecule has 0 fully saturated rings. The molecule has 0 N–H and O–H groups in total. The molecule has 8 heteroatoms. The Morgan fingerprint density at radius 3 is 2.60 bits per heavy atom. The number of ether oxygens (including phenoxy) is 2. The van der Waals surface area contributed by atoms with E-state index in [1.165, 1.54) is 4.68 Å². The van der Waals surface area contributed by atoms with Gasteiger partial charge in [-0.1, -0.05) is 30.3 Å². The minimum Gasteiger partial charge on any atom is -0.493 e. The highest BCUT2D eigenvalue weighted by molar-refractivity contribution is 9.10. The standard InChI is InChI=1S/C27H22BrN3O4/c1-16(2)34-24-14-20(28)18(13-23(24)33-3)15-29-31-26(25-12-17-8-4-7-11-22(17)35-25)30-21-10-6-5-9-19(21)27(31)32/h4-16H,1-3H3. The molecule has 0 aliphatic rings. The average Bonchev–Trinajstić information content (AvgIpc) is 3.28. The second kappa shape index (κ2) is 9.38. The van der Waals surface area contributed by atoms with Crippen molar-refractivity contribution in [1.82, 2.24) is 9.66 Å². The summed E-state index contributed by atoms with van der Waals surface area (Å²) in [5.41, 5.74) is 1.67. The predicted octanol–water partition coefficient (Wildman–Crippen LogP) is 6.25. The Bertz CT molecular complexity index is 1600. The highest BCUT2D eigenvalue weighted by Gasteiger charge is 2.17. The quantitative estimate of drug-likeness (QED) is 0.242. The van der Waals surface area contributed by atoms with E-state index in [4.69, 9.17) is 18.9 Å². The molecule has 0 aliphatic carbocycles. The first kappa shape index (κ1) is 22.9. The van der Waals surface area contributed by atoms with E-state index in [0.29, 0.717) is 45.1 Å². The highest BCUT2D eigenvalue weighted by atomic mass is 79.9. The van der Waals surface area contributed by atoms with Gasteiger partial charge in [-0.05, 0) is 66.2 Å². The van der Waals surface area contributed by atoms with Crippen molar-refractivity contribution in [2.45, 2.75) is 20.0 Å². The third kappa shape index (κ3) is 4.44. The largest absolute Gasteiger partial charge is 0.493 e. The maximum atomic E-state index is 13.5. The summed E-state index contributed by atoms with van der Waals surface area (Å²) in [7, 11) is 1.58. The second-order valence-electron chi connectivity index (χ2n) is 8.15. The van der Waals surface area contributed by atoms with Gasteiger partial charge in [-0.2, -0.15) is 9.78 Å². The summed E-state index contributed by atoms with van der Waals surface area (Å²) < 4.78 is 19.4. The van der Waals surface area contributed by atoms with Gasteiger partial charge in [0.2, 0.25) is 5.82 Å². The van der Waals surface area contributed by atoms with Gasteiger partial charge in [-0.3, -0.25) is 4.79 Å². The van der Waals surface area contributed by atoms with E-state index in [0.717, 1.165) is 9.86 Å². The van der Waals surface area contributed by atoms with Gasteiger partial charge in [0.25, 0.3) is 5.56 Å². The van der Waals surface area contributed by atoms with Gasteiger partial charge in [-0.25, -0.2) is 4.98 Å². The van der Waals surface area contributed by atoms with Gasteiger partial charge in [0, 0.05) is 15.4 Å². The summed E-state index contributed by atoms with van der Waals surface area (Å²) in [6.45, 7) is 3.89. The van der Waals surface area contributed by atoms with Crippen LogP contribution in [0.2, 0.25) is 0 Å². The van der Waals surface area contributed by atoms with Gasteiger partial charge >= 0.3 is 0 Å². The fourth-order valence-electron chi connectivity index (χ4n) is 3.76. The molecule has 7 nitrogen and oxygen atoms in total. The van der Waals surface area contributed by atoms with Crippen LogP contribution in [0.1, 0.15) is 19.4 Å². The third-order valence-electron chi connectivity index (χ3n) is 5.36. The molecule has 2 aromatic heterocycles. The first-order valence-electron chi connectivity index (χ1n) is 11.0. The number of hydrogen-bond acceptors (Lipinski definition) is 6. The van der Waals surface area contributed by atoms with Crippen molar-refractivity contribution in [2.24, 2.45) is 5.10 Å². The summed E-state index contributed by atoms with van der Waals surface area (Å²) in [4.78, 5) is 18.2. The molecular formula is C27H22BrN3O4. The summed E-state index contributed by atoms with van der Waals surface area (Å²) in [6, 6.07) is 20.3. The Morgan fingerprint density at radius 2 is 1.83 bits per heavy atom. The summed E-state index contributed by atoms with van der Waals surface area (Å²) in [5, 5.41) is 5.90. The Balaban J connectivity index is 1.67. The van der Waals surface area contributed by atoms with E-state index in [-0.39, 0.29) is 11.7 Å². The van der Waals surface area contributed by atoms with E-state index in [9.17, 15) is 4.79 Å². The molecule has 0 bridgehead atoms. The van der Waals surface area contributed by atoms with Crippen molar-refractivity contribution in [2.75, 3.05) is 7.11 Å². The molecule has 0 spiro atoms. The highest BCUT2D eigenvalue weighted by Crippen LogP contribution is 2.34. The predicted molar refractivity (Wildman–Crippen MR) is 141 cm³/mol. The number of nitrogens with zero attached hydrogens (tertiary/aromatic N) is 3. The summed E-state index contributed by atoms with van der Waals surface area (Å²) in [5.74, 6) is 1.93. The first-order valence-corrected chi connectivity index (χ1v) is 11.8. The van der Waals surface area contributed by atoms with E-state index in [1.54, 1.807) is 37.6 Å². The maximum Gasteiger partial charge on any atom is 0.282 e. The zero-order valence-electron chi connectivity index (χ0n) is 19.4.